The van der Waals surface area contributed by atoms with Crippen molar-refractivity contribution in [2.75, 3.05) is 0 Å². The van der Waals surface area contributed by atoms with E-state index in [0.29, 0.717) is 5.92 Å². The quantitative estimate of drug-likeness (QED) is 0.714. The highest BCUT2D eigenvalue weighted by Gasteiger charge is 2.36. The van der Waals surface area contributed by atoms with Gasteiger partial charge in [0.05, 0.1) is 6.10 Å². The molecule has 2 aliphatic carbocycles. The average molecular weight is 312 g/mol. The summed E-state index contributed by atoms with van der Waals surface area (Å²) in [4.78, 5) is 0. The van der Waals surface area contributed by atoms with Crippen molar-refractivity contribution >= 4 is 0 Å². The summed E-state index contributed by atoms with van der Waals surface area (Å²) in [5, 5.41) is 10.7. The van der Waals surface area contributed by atoms with Crippen LogP contribution in [-0.2, 0) is 6.42 Å². The van der Waals surface area contributed by atoms with Gasteiger partial charge < -0.3 is 5.11 Å². The van der Waals surface area contributed by atoms with Gasteiger partial charge in [0.1, 0.15) is 0 Å². The van der Waals surface area contributed by atoms with Crippen molar-refractivity contribution in [2.24, 2.45) is 0 Å². The topological polar surface area (TPSA) is 20.2 Å². The molecule has 0 saturated carbocycles. The van der Waals surface area contributed by atoms with Crippen molar-refractivity contribution in [1.29, 1.82) is 0 Å². The second-order valence-corrected chi connectivity index (χ2v) is 7.04. The van der Waals surface area contributed by atoms with E-state index in [0.717, 1.165) is 12.8 Å². The zero-order chi connectivity index (χ0) is 16.1. The first-order valence-electron chi connectivity index (χ1n) is 8.77. The van der Waals surface area contributed by atoms with E-state index >= 15 is 0 Å². The maximum Gasteiger partial charge on any atom is 0.0649 e. The van der Waals surface area contributed by atoms with Gasteiger partial charge in [0, 0.05) is 11.8 Å². The van der Waals surface area contributed by atoms with Crippen LogP contribution >= 0.6 is 0 Å². The van der Waals surface area contributed by atoms with Crippen molar-refractivity contribution in [3.8, 4) is 11.1 Å². The number of hydrogen-bond acceptors (Lipinski definition) is 1. The third-order valence-corrected chi connectivity index (χ3v) is 5.80. The second-order valence-electron chi connectivity index (χ2n) is 7.04. The first-order valence-corrected chi connectivity index (χ1v) is 8.77. The van der Waals surface area contributed by atoms with Crippen LogP contribution in [0.4, 0.5) is 0 Å². The van der Waals surface area contributed by atoms with E-state index in [-0.39, 0.29) is 12.0 Å². The number of rotatable bonds is 2. The molecule has 0 saturated heterocycles. The molecule has 1 N–H and O–H groups in total. The van der Waals surface area contributed by atoms with Crippen molar-refractivity contribution < 1.29 is 5.11 Å². The monoisotopic (exact) mass is 312 g/mol. The molecule has 0 aliphatic heterocycles. The molecule has 0 bridgehead atoms. The van der Waals surface area contributed by atoms with Crippen LogP contribution in [0, 0.1) is 0 Å². The van der Waals surface area contributed by atoms with Gasteiger partial charge in [-0.05, 0) is 46.2 Å². The van der Waals surface area contributed by atoms with E-state index in [1.165, 1.54) is 33.4 Å². The summed E-state index contributed by atoms with van der Waals surface area (Å²) in [5.74, 6) is 0.605. The van der Waals surface area contributed by atoms with Gasteiger partial charge in [-0.1, -0.05) is 72.8 Å². The number of aliphatic hydroxyl groups excluding tert-OH is 1. The standard InChI is InChI=1S/C23H20O/c24-23-13-15-7-1-2-8-16(15)22(23)14-21-19-11-5-3-9-17(19)18-10-4-6-12-20(18)21/h1-12,21-24H,13-14H2. The minimum atomic E-state index is -0.262. The minimum Gasteiger partial charge on any atom is -0.392 e. The lowest BCUT2D eigenvalue weighted by Gasteiger charge is -2.22. The Bertz CT molecular complexity index is 866. The molecular weight excluding hydrogens is 292 g/mol. The van der Waals surface area contributed by atoms with E-state index in [9.17, 15) is 5.11 Å². The summed E-state index contributed by atoms with van der Waals surface area (Å²) >= 11 is 0. The Morgan fingerprint density at radius 3 is 1.92 bits per heavy atom. The fourth-order valence-electron chi connectivity index (χ4n) is 4.71. The number of aliphatic hydroxyl groups is 1. The third-order valence-electron chi connectivity index (χ3n) is 5.80. The van der Waals surface area contributed by atoms with Gasteiger partial charge in [0.2, 0.25) is 0 Å². The molecule has 0 amide bonds. The molecule has 3 aromatic carbocycles. The van der Waals surface area contributed by atoms with Crippen LogP contribution in [0.3, 0.4) is 0 Å². The Morgan fingerprint density at radius 2 is 1.25 bits per heavy atom. The summed E-state index contributed by atoms with van der Waals surface area (Å²) in [6.45, 7) is 0. The van der Waals surface area contributed by atoms with Gasteiger partial charge in [-0.15, -0.1) is 0 Å². The molecule has 3 aromatic rings. The summed E-state index contributed by atoms with van der Waals surface area (Å²) in [5.41, 5.74) is 8.20. The molecule has 0 radical (unpaired) electrons. The molecule has 1 nitrogen and oxygen atoms in total. The summed E-state index contributed by atoms with van der Waals surface area (Å²) in [7, 11) is 0. The lowest BCUT2D eigenvalue weighted by Crippen LogP contribution is -2.16. The Labute approximate surface area is 142 Å². The van der Waals surface area contributed by atoms with E-state index < -0.39 is 0 Å². The Hall–Kier alpha value is -2.38. The van der Waals surface area contributed by atoms with Gasteiger partial charge in [0.25, 0.3) is 0 Å². The summed E-state index contributed by atoms with van der Waals surface area (Å²) < 4.78 is 0. The lowest BCUT2D eigenvalue weighted by molar-refractivity contribution is 0.150. The molecular formula is C23H20O. The molecule has 0 spiro atoms. The summed E-state index contributed by atoms with van der Waals surface area (Å²) in [6, 6.07) is 26.0. The molecule has 2 unspecified atom stereocenters. The van der Waals surface area contributed by atoms with Crippen LogP contribution in [0.1, 0.15) is 40.5 Å². The smallest absolute Gasteiger partial charge is 0.0649 e. The average Bonchev–Trinajstić information content (AvgIpc) is 3.11. The lowest BCUT2D eigenvalue weighted by atomic mass is 9.83. The number of fused-ring (bicyclic) bond motifs is 4. The molecule has 2 atom stereocenters. The molecule has 0 aromatic heterocycles. The van der Waals surface area contributed by atoms with E-state index in [1.807, 2.05) is 0 Å². The van der Waals surface area contributed by atoms with Gasteiger partial charge in [-0.3, -0.25) is 0 Å². The van der Waals surface area contributed by atoms with Crippen molar-refractivity contribution in [2.45, 2.75) is 30.8 Å². The first-order chi connectivity index (χ1) is 11.8. The predicted octanol–water partition coefficient (Wildman–Crippen LogP) is 4.89. The molecule has 1 heteroatoms. The van der Waals surface area contributed by atoms with E-state index in [2.05, 4.69) is 72.8 Å². The first kappa shape index (κ1) is 14.0. The number of benzene rings is 3. The zero-order valence-electron chi connectivity index (χ0n) is 13.5. The largest absolute Gasteiger partial charge is 0.392 e. The Morgan fingerprint density at radius 1 is 0.708 bits per heavy atom. The molecule has 2 aliphatic rings. The highest BCUT2D eigenvalue weighted by molar-refractivity contribution is 5.78. The highest BCUT2D eigenvalue weighted by atomic mass is 16.3. The molecule has 118 valence electrons. The molecule has 24 heavy (non-hydrogen) atoms. The van der Waals surface area contributed by atoms with Gasteiger partial charge in [-0.25, -0.2) is 0 Å². The van der Waals surface area contributed by atoms with Crippen molar-refractivity contribution in [3.05, 3.63) is 95.1 Å². The number of hydrogen-bond donors (Lipinski definition) is 1. The van der Waals surface area contributed by atoms with E-state index in [1.54, 1.807) is 0 Å². The van der Waals surface area contributed by atoms with Crippen molar-refractivity contribution in [3.63, 3.8) is 0 Å². The van der Waals surface area contributed by atoms with Crippen molar-refractivity contribution in [1.82, 2.24) is 0 Å². The molecule has 0 fully saturated rings. The maximum atomic E-state index is 10.7. The normalized spacial score (nSPS) is 21.4. The fraction of sp³-hybridized carbons (Fsp3) is 0.217. The SMILES string of the molecule is OC1Cc2ccccc2C1CC1c2ccccc2-c2ccccc21. The van der Waals surface area contributed by atoms with E-state index in [4.69, 9.17) is 0 Å². The van der Waals surface area contributed by atoms with Crippen LogP contribution in [0.15, 0.2) is 72.8 Å². The van der Waals surface area contributed by atoms with Gasteiger partial charge in [-0.2, -0.15) is 0 Å². The Kier molecular flexibility index (Phi) is 3.11. The maximum absolute atomic E-state index is 10.7. The van der Waals surface area contributed by atoms with Gasteiger partial charge in [0.15, 0.2) is 0 Å². The van der Waals surface area contributed by atoms with Gasteiger partial charge >= 0.3 is 0 Å². The second kappa shape index (κ2) is 5.32. The third kappa shape index (κ3) is 1.98. The summed E-state index contributed by atoms with van der Waals surface area (Å²) in [6.07, 6.45) is 1.51. The Balaban J connectivity index is 1.58. The fourth-order valence-corrected chi connectivity index (χ4v) is 4.71. The highest BCUT2D eigenvalue weighted by Crippen LogP contribution is 2.50. The predicted molar refractivity (Wildman–Crippen MR) is 97.2 cm³/mol. The van der Waals surface area contributed by atoms with Crippen LogP contribution in [0.5, 0.6) is 0 Å². The van der Waals surface area contributed by atoms with Crippen LogP contribution in [0.25, 0.3) is 11.1 Å². The van der Waals surface area contributed by atoms with Crippen LogP contribution in [0.2, 0.25) is 0 Å². The molecule has 0 heterocycles. The molecule has 5 rings (SSSR count). The van der Waals surface area contributed by atoms with Crippen LogP contribution in [-0.4, -0.2) is 11.2 Å². The zero-order valence-corrected chi connectivity index (χ0v) is 13.5. The minimum absolute atomic E-state index is 0.227. The van der Waals surface area contributed by atoms with Crippen LogP contribution < -0.4 is 0 Å².